The lowest BCUT2D eigenvalue weighted by Gasteiger charge is -2.36. The molecule has 3 heteroatoms. The SMILES string of the molecule is CC(C)CN1CCN(CCN(C)Cc2ccccc2)CC1. The highest BCUT2D eigenvalue weighted by Crippen LogP contribution is 2.06. The Hall–Kier alpha value is -0.900. The average molecular weight is 289 g/mol. The Morgan fingerprint density at radius 3 is 2.24 bits per heavy atom. The third-order valence-electron chi connectivity index (χ3n) is 4.18. The zero-order chi connectivity index (χ0) is 15.1. The van der Waals surface area contributed by atoms with E-state index in [1.807, 2.05) is 0 Å². The summed E-state index contributed by atoms with van der Waals surface area (Å²) in [5.74, 6) is 0.786. The minimum Gasteiger partial charge on any atom is -0.301 e. The van der Waals surface area contributed by atoms with E-state index < -0.39 is 0 Å². The first-order valence-electron chi connectivity index (χ1n) is 8.30. The second kappa shape index (κ2) is 8.52. The fraction of sp³-hybridized carbons (Fsp3) is 0.667. The van der Waals surface area contributed by atoms with Crippen molar-refractivity contribution in [3.63, 3.8) is 0 Å². The van der Waals surface area contributed by atoms with Crippen LogP contribution in [0.1, 0.15) is 19.4 Å². The molecule has 1 heterocycles. The van der Waals surface area contributed by atoms with E-state index in [2.05, 4.69) is 65.9 Å². The summed E-state index contributed by atoms with van der Waals surface area (Å²) in [6, 6.07) is 10.7. The maximum Gasteiger partial charge on any atom is 0.0231 e. The minimum atomic E-state index is 0.786. The van der Waals surface area contributed by atoms with Crippen molar-refractivity contribution in [2.24, 2.45) is 5.92 Å². The standard InChI is InChI=1S/C18H31N3/c1-17(2)15-21-13-11-20(12-14-21)10-9-19(3)16-18-7-5-4-6-8-18/h4-8,17H,9-16H2,1-3H3. The fourth-order valence-electron chi connectivity index (χ4n) is 3.00. The molecular formula is C18H31N3. The van der Waals surface area contributed by atoms with Crippen molar-refractivity contribution in [2.45, 2.75) is 20.4 Å². The predicted octanol–water partition coefficient (Wildman–Crippen LogP) is 2.39. The summed E-state index contributed by atoms with van der Waals surface area (Å²) in [5, 5.41) is 0. The zero-order valence-corrected chi connectivity index (χ0v) is 14.0. The second-order valence-electron chi connectivity index (χ2n) is 6.76. The highest BCUT2D eigenvalue weighted by Gasteiger charge is 2.17. The largest absolute Gasteiger partial charge is 0.301 e. The number of piperazine rings is 1. The summed E-state index contributed by atoms with van der Waals surface area (Å²) in [7, 11) is 2.22. The first-order valence-corrected chi connectivity index (χ1v) is 8.30. The average Bonchev–Trinajstić information content (AvgIpc) is 2.47. The van der Waals surface area contributed by atoms with E-state index in [-0.39, 0.29) is 0 Å². The molecule has 1 aliphatic rings. The summed E-state index contributed by atoms with van der Waals surface area (Å²) >= 11 is 0. The van der Waals surface area contributed by atoms with Crippen LogP contribution in [0.2, 0.25) is 0 Å². The molecule has 21 heavy (non-hydrogen) atoms. The van der Waals surface area contributed by atoms with Crippen LogP contribution in [0.5, 0.6) is 0 Å². The van der Waals surface area contributed by atoms with Crippen molar-refractivity contribution in [1.29, 1.82) is 0 Å². The summed E-state index contributed by atoms with van der Waals surface area (Å²) in [4.78, 5) is 7.64. The quantitative estimate of drug-likeness (QED) is 0.763. The molecule has 0 bridgehead atoms. The van der Waals surface area contributed by atoms with E-state index in [1.165, 1.54) is 44.8 Å². The molecule has 0 unspecified atom stereocenters. The van der Waals surface area contributed by atoms with Crippen LogP contribution in [0, 0.1) is 5.92 Å². The van der Waals surface area contributed by atoms with Crippen LogP contribution in [-0.2, 0) is 6.54 Å². The lowest BCUT2D eigenvalue weighted by molar-refractivity contribution is 0.113. The zero-order valence-electron chi connectivity index (χ0n) is 14.0. The van der Waals surface area contributed by atoms with Gasteiger partial charge in [0, 0.05) is 52.4 Å². The molecule has 0 aromatic heterocycles. The minimum absolute atomic E-state index is 0.786. The summed E-state index contributed by atoms with van der Waals surface area (Å²) in [6.07, 6.45) is 0. The van der Waals surface area contributed by atoms with Gasteiger partial charge in [0.05, 0.1) is 0 Å². The third-order valence-corrected chi connectivity index (χ3v) is 4.18. The van der Waals surface area contributed by atoms with Crippen molar-refractivity contribution in [3.8, 4) is 0 Å². The van der Waals surface area contributed by atoms with Gasteiger partial charge in [0.2, 0.25) is 0 Å². The fourth-order valence-corrected chi connectivity index (χ4v) is 3.00. The third kappa shape index (κ3) is 6.16. The van der Waals surface area contributed by atoms with Gasteiger partial charge in [-0.25, -0.2) is 0 Å². The number of nitrogens with zero attached hydrogens (tertiary/aromatic N) is 3. The molecule has 0 radical (unpaired) electrons. The number of rotatable bonds is 7. The molecule has 1 aliphatic heterocycles. The Kier molecular flexibility index (Phi) is 6.68. The lowest BCUT2D eigenvalue weighted by atomic mass is 10.2. The van der Waals surface area contributed by atoms with Crippen molar-refractivity contribution < 1.29 is 0 Å². The van der Waals surface area contributed by atoms with Gasteiger partial charge in [-0.1, -0.05) is 44.2 Å². The van der Waals surface area contributed by atoms with Crippen molar-refractivity contribution >= 4 is 0 Å². The molecule has 1 aromatic carbocycles. The molecule has 2 rings (SSSR count). The first kappa shape index (κ1) is 16.5. The van der Waals surface area contributed by atoms with Crippen molar-refractivity contribution in [3.05, 3.63) is 35.9 Å². The molecule has 3 nitrogen and oxygen atoms in total. The number of likely N-dealkylation sites (N-methyl/N-ethyl adjacent to an activating group) is 1. The number of hydrogen-bond donors (Lipinski definition) is 0. The van der Waals surface area contributed by atoms with Gasteiger partial charge in [0.15, 0.2) is 0 Å². The van der Waals surface area contributed by atoms with E-state index in [0.717, 1.165) is 19.0 Å². The summed E-state index contributed by atoms with van der Waals surface area (Å²) in [5.41, 5.74) is 1.40. The van der Waals surface area contributed by atoms with Crippen LogP contribution in [0.25, 0.3) is 0 Å². The first-order chi connectivity index (χ1) is 10.1. The van der Waals surface area contributed by atoms with Crippen LogP contribution in [-0.4, -0.2) is 67.6 Å². The molecule has 0 N–H and O–H groups in total. The maximum atomic E-state index is 2.61. The smallest absolute Gasteiger partial charge is 0.0231 e. The van der Waals surface area contributed by atoms with E-state index in [0.29, 0.717) is 0 Å². The van der Waals surface area contributed by atoms with Crippen LogP contribution in [0.4, 0.5) is 0 Å². The molecule has 0 saturated carbocycles. The van der Waals surface area contributed by atoms with E-state index >= 15 is 0 Å². The molecular weight excluding hydrogens is 258 g/mol. The normalized spacial score (nSPS) is 17.8. The monoisotopic (exact) mass is 289 g/mol. The molecule has 1 aromatic rings. The van der Waals surface area contributed by atoms with Gasteiger partial charge in [-0.05, 0) is 18.5 Å². The molecule has 0 aliphatic carbocycles. The summed E-state index contributed by atoms with van der Waals surface area (Å²) in [6.45, 7) is 14.2. The molecule has 0 spiro atoms. The lowest BCUT2D eigenvalue weighted by Crippen LogP contribution is -2.48. The Morgan fingerprint density at radius 1 is 1.00 bits per heavy atom. The van der Waals surface area contributed by atoms with Crippen molar-refractivity contribution in [1.82, 2.24) is 14.7 Å². The molecule has 0 amide bonds. The van der Waals surface area contributed by atoms with Crippen LogP contribution >= 0.6 is 0 Å². The van der Waals surface area contributed by atoms with Gasteiger partial charge in [-0.15, -0.1) is 0 Å². The highest BCUT2D eigenvalue weighted by atomic mass is 15.3. The van der Waals surface area contributed by atoms with Gasteiger partial charge in [0.1, 0.15) is 0 Å². The predicted molar refractivity (Wildman–Crippen MR) is 90.5 cm³/mol. The number of benzene rings is 1. The van der Waals surface area contributed by atoms with Gasteiger partial charge in [0.25, 0.3) is 0 Å². The van der Waals surface area contributed by atoms with Crippen LogP contribution in [0.3, 0.4) is 0 Å². The number of hydrogen-bond acceptors (Lipinski definition) is 3. The van der Waals surface area contributed by atoms with Crippen LogP contribution in [0.15, 0.2) is 30.3 Å². The highest BCUT2D eigenvalue weighted by molar-refractivity contribution is 5.14. The van der Waals surface area contributed by atoms with Crippen molar-refractivity contribution in [2.75, 3.05) is 52.9 Å². The van der Waals surface area contributed by atoms with Crippen LogP contribution < -0.4 is 0 Å². The van der Waals surface area contributed by atoms with E-state index in [9.17, 15) is 0 Å². The molecule has 1 saturated heterocycles. The topological polar surface area (TPSA) is 9.72 Å². The van der Waals surface area contributed by atoms with Gasteiger partial charge < -0.3 is 9.80 Å². The van der Waals surface area contributed by atoms with E-state index in [1.54, 1.807) is 0 Å². The molecule has 1 fully saturated rings. The molecule has 0 atom stereocenters. The van der Waals surface area contributed by atoms with Gasteiger partial charge >= 0.3 is 0 Å². The van der Waals surface area contributed by atoms with Gasteiger partial charge in [-0.3, -0.25) is 4.90 Å². The summed E-state index contributed by atoms with van der Waals surface area (Å²) < 4.78 is 0. The Balaban J connectivity index is 1.63. The van der Waals surface area contributed by atoms with E-state index in [4.69, 9.17) is 0 Å². The Morgan fingerprint density at radius 2 is 1.62 bits per heavy atom. The second-order valence-corrected chi connectivity index (χ2v) is 6.76. The maximum absolute atomic E-state index is 2.61. The Bertz CT molecular complexity index is 383. The van der Waals surface area contributed by atoms with Gasteiger partial charge in [-0.2, -0.15) is 0 Å². The Labute approximate surface area is 130 Å². The molecule has 118 valence electrons.